The Balaban J connectivity index is 1.73. The summed E-state index contributed by atoms with van der Waals surface area (Å²) < 4.78 is 1.80. The lowest BCUT2D eigenvalue weighted by molar-refractivity contribution is 0.182. The van der Waals surface area contributed by atoms with Gasteiger partial charge in [0.1, 0.15) is 0 Å². The number of nitrogens with zero attached hydrogens (tertiary/aromatic N) is 3. The summed E-state index contributed by atoms with van der Waals surface area (Å²) in [6, 6.07) is 9.85. The number of hydrogen-bond acceptors (Lipinski definition) is 2. The van der Waals surface area contributed by atoms with Crippen molar-refractivity contribution in [3.05, 3.63) is 42.1 Å². The van der Waals surface area contributed by atoms with Gasteiger partial charge in [0.2, 0.25) is 0 Å². The van der Waals surface area contributed by atoms with Crippen LogP contribution in [0.25, 0.3) is 5.69 Å². The van der Waals surface area contributed by atoms with Gasteiger partial charge in [-0.15, -0.1) is 5.10 Å². The first-order valence-electron chi connectivity index (χ1n) is 7.81. The number of aryl methyl sites for hydroxylation is 1. The van der Waals surface area contributed by atoms with E-state index >= 15 is 0 Å². The van der Waals surface area contributed by atoms with E-state index in [-0.39, 0.29) is 6.03 Å². The van der Waals surface area contributed by atoms with Crippen molar-refractivity contribution in [2.45, 2.75) is 26.7 Å². The molecule has 1 saturated heterocycles. The van der Waals surface area contributed by atoms with E-state index in [1.165, 1.54) is 6.42 Å². The summed E-state index contributed by atoms with van der Waals surface area (Å²) in [7, 11) is 0. The first-order chi connectivity index (χ1) is 10.6. The number of carbonyl (C=O) groups is 1. The van der Waals surface area contributed by atoms with Gasteiger partial charge in [0.25, 0.3) is 0 Å². The number of rotatable bonds is 2. The summed E-state index contributed by atoms with van der Waals surface area (Å²) in [5.74, 6) is 1.20. The number of likely N-dealkylation sites (tertiary alicyclic amines) is 1. The van der Waals surface area contributed by atoms with Crippen molar-refractivity contribution < 1.29 is 4.79 Å². The SMILES string of the molecule is Cc1cn(-c2ccccc2)nc1NC(=O)N1CCC[C@@H](C)C1. The van der Waals surface area contributed by atoms with E-state index in [9.17, 15) is 4.79 Å². The highest BCUT2D eigenvalue weighted by Gasteiger charge is 2.22. The lowest BCUT2D eigenvalue weighted by atomic mass is 10.0. The zero-order chi connectivity index (χ0) is 15.5. The van der Waals surface area contributed by atoms with E-state index in [1.807, 2.05) is 48.4 Å². The molecule has 22 heavy (non-hydrogen) atoms. The molecule has 0 bridgehead atoms. The fourth-order valence-corrected chi connectivity index (χ4v) is 2.85. The highest BCUT2D eigenvalue weighted by atomic mass is 16.2. The largest absolute Gasteiger partial charge is 0.324 e. The molecule has 1 aliphatic heterocycles. The Hall–Kier alpha value is -2.30. The molecule has 0 spiro atoms. The van der Waals surface area contributed by atoms with Crippen LogP contribution < -0.4 is 5.32 Å². The molecule has 0 radical (unpaired) electrons. The third-order valence-electron chi connectivity index (χ3n) is 4.09. The molecular weight excluding hydrogens is 276 g/mol. The van der Waals surface area contributed by atoms with E-state index in [4.69, 9.17) is 0 Å². The molecular formula is C17H22N4O. The van der Waals surface area contributed by atoms with Gasteiger partial charge in [0.05, 0.1) is 5.69 Å². The maximum atomic E-state index is 12.4. The Morgan fingerprint density at radius 3 is 2.82 bits per heavy atom. The Labute approximate surface area is 130 Å². The van der Waals surface area contributed by atoms with Gasteiger partial charge >= 0.3 is 6.03 Å². The van der Waals surface area contributed by atoms with Crippen LogP contribution in [0.4, 0.5) is 10.6 Å². The third-order valence-corrected chi connectivity index (χ3v) is 4.09. The van der Waals surface area contributed by atoms with Gasteiger partial charge in [-0.1, -0.05) is 25.1 Å². The second kappa shape index (κ2) is 6.22. The molecule has 2 amide bonds. The van der Waals surface area contributed by atoms with Gasteiger partial charge in [0.15, 0.2) is 5.82 Å². The van der Waals surface area contributed by atoms with Crippen LogP contribution in [0, 0.1) is 12.8 Å². The van der Waals surface area contributed by atoms with E-state index in [0.29, 0.717) is 11.7 Å². The fraction of sp³-hybridized carbons (Fsp3) is 0.412. The molecule has 2 heterocycles. The number of piperidine rings is 1. The van der Waals surface area contributed by atoms with Crippen LogP contribution in [0.15, 0.2) is 36.5 Å². The third kappa shape index (κ3) is 3.13. The Bertz CT molecular complexity index is 650. The van der Waals surface area contributed by atoms with Crippen molar-refractivity contribution in [1.82, 2.24) is 14.7 Å². The van der Waals surface area contributed by atoms with Crippen molar-refractivity contribution in [2.75, 3.05) is 18.4 Å². The Morgan fingerprint density at radius 1 is 1.32 bits per heavy atom. The zero-order valence-corrected chi connectivity index (χ0v) is 13.1. The summed E-state index contributed by atoms with van der Waals surface area (Å²) in [6.07, 6.45) is 4.21. The predicted molar refractivity (Wildman–Crippen MR) is 87.3 cm³/mol. The molecule has 1 aromatic carbocycles. The predicted octanol–water partition coefficient (Wildman–Crippen LogP) is 3.44. The minimum Gasteiger partial charge on any atom is -0.324 e. The van der Waals surface area contributed by atoms with Gasteiger partial charge < -0.3 is 4.90 Å². The normalized spacial score (nSPS) is 18.3. The summed E-state index contributed by atoms with van der Waals surface area (Å²) in [6.45, 7) is 5.80. The van der Waals surface area contributed by atoms with E-state index in [0.717, 1.165) is 30.8 Å². The van der Waals surface area contributed by atoms with Gasteiger partial charge in [0, 0.05) is 24.8 Å². The van der Waals surface area contributed by atoms with Crippen LogP contribution in [-0.2, 0) is 0 Å². The zero-order valence-electron chi connectivity index (χ0n) is 13.1. The number of benzene rings is 1. The van der Waals surface area contributed by atoms with Crippen LogP contribution in [0.1, 0.15) is 25.3 Å². The lowest BCUT2D eigenvalue weighted by Gasteiger charge is -2.30. The average Bonchev–Trinajstić information content (AvgIpc) is 2.89. The molecule has 0 saturated carbocycles. The Morgan fingerprint density at radius 2 is 2.09 bits per heavy atom. The van der Waals surface area contributed by atoms with Gasteiger partial charge in [-0.2, -0.15) is 0 Å². The minimum atomic E-state index is -0.0482. The lowest BCUT2D eigenvalue weighted by Crippen LogP contribution is -2.41. The number of para-hydroxylation sites is 1. The number of urea groups is 1. The fourth-order valence-electron chi connectivity index (χ4n) is 2.85. The molecule has 2 aromatic rings. The number of hydrogen-bond donors (Lipinski definition) is 1. The van der Waals surface area contributed by atoms with E-state index < -0.39 is 0 Å². The van der Waals surface area contributed by atoms with Crippen molar-refractivity contribution in [1.29, 1.82) is 0 Å². The second-order valence-corrected chi connectivity index (χ2v) is 6.06. The maximum absolute atomic E-state index is 12.4. The molecule has 3 rings (SSSR count). The monoisotopic (exact) mass is 298 g/mol. The van der Waals surface area contributed by atoms with E-state index in [1.54, 1.807) is 4.68 Å². The smallest absolute Gasteiger partial charge is 0.323 e. The molecule has 5 nitrogen and oxygen atoms in total. The summed E-state index contributed by atoms with van der Waals surface area (Å²) >= 11 is 0. The van der Waals surface area contributed by atoms with Crippen molar-refractivity contribution in [2.24, 2.45) is 5.92 Å². The molecule has 5 heteroatoms. The molecule has 1 fully saturated rings. The van der Waals surface area contributed by atoms with E-state index in [2.05, 4.69) is 17.3 Å². The maximum Gasteiger partial charge on any atom is 0.323 e. The molecule has 1 aliphatic rings. The van der Waals surface area contributed by atoms with Crippen LogP contribution >= 0.6 is 0 Å². The second-order valence-electron chi connectivity index (χ2n) is 6.06. The Kier molecular flexibility index (Phi) is 4.13. The molecule has 1 aromatic heterocycles. The molecule has 1 N–H and O–H groups in total. The first kappa shape index (κ1) is 14.6. The summed E-state index contributed by atoms with van der Waals surface area (Å²) in [5.41, 5.74) is 1.94. The average molecular weight is 298 g/mol. The number of amides is 2. The number of aromatic nitrogens is 2. The van der Waals surface area contributed by atoms with Crippen molar-refractivity contribution >= 4 is 11.8 Å². The van der Waals surface area contributed by atoms with Gasteiger partial charge in [-0.05, 0) is 37.8 Å². The van der Waals surface area contributed by atoms with Crippen LogP contribution in [-0.4, -0.2) is 33.8 Å². The first-order valence-corrected chi connectivity index (χ1v) is 7.81. The molecule has 0 aliphatic carbocycles. The quantitative estimate of drug-likeness (QED) is 0.923. The minimum absolute atomic E-state index is 0.0482. The summed E-state index contributed by atoms with van der Waals surface area (Å²) in [5, 5.41) is 7.44. The number of nitrogens with one attached hydrogen (secondary N) is 1. The van der Waals surface area contributed by atoms with Gasteiger partial charge in [-0.3, -0.25) is 5.32 Å². The summed E-state index contributed by atoms with van der Waals surface area (Å²) in [4.78, 5) is 14.3. The number of carbonyl (C=O) groups excluding carboxylic acids is 1. The standard InChI is InChI=1S/C17H22N4O/c1-13-7-6-10-20(11-13)17(22)18-16-14(2)12-21(19-16)15-8-4-3-5-9-15/h3-5,8-9,12-13H,6-7,10-11H2,1-2H3,(H,18,19,22)/t13-/m1/s1. The number of anilines is 1. The highest BCUT2D eigenvalue weighted by molar-refractivity contribution is 5.89. The van der Waals surface area contributed by atoms with Gasteiger partial charge in [-0.25, -0.2) is 9.48 Å². The van der Waals surface area contributed by atoms with Crippen molar-refractivity contribution in [3.8, 4) is 5.69 Å². The van der Waals surface area contributed by atoms with Crippen LogP contribution in [0.5, 0.6) is 0 Å². The van der Waals surface area contributed by atoms with Crippen LogP contribution in [0.3, 0.4) is 0 Å². The topological polar surface area (TPSA) is 50.2 Å². The highest BCUT2D eigenvalue weighted by Crippen LogP contribution is 2.19. The molecule has 116 valence electrons. The van der Waals surface area contributed by atoms with Crippen molar-refractivity contribution in [3.63, 3.8) is 0 Å². The molecule has 0 unspecified atom stereocenters. The molecule has 1 atom stereocenters. The van der Waals surface area contributed by atoms with Crippen LogP contribution in [0.2, 0.25) is 0 Å².